The van der Waals surface area contributed by atoms with E-state index in [2.05, 4.69) is 127 Å². The van der Waals surface area contributed by atoms with Gasteiger partial charge in [0, 0.05) is 18.4 Å². The lowest BCUT2D eigenvalue weighted by atomic mass is 9.79. The molecule has 0 saturated carbocycles. The molecule has 0 unspecified atom stereocenters. The standard InChI is InChI=1S/C57H57F3N4/c1-26-30(5)38(13)53-45(34(26)9)21-46-35(10)27(2)31(6)39(14)54(46)63(53)51-23-49(44-18-17-42(24-61)19-50(44)57(58,59)60)52(20-43(51)25-62)64-55-40(15)32(7)28(3)36(11)47(55)22-48-37(12)29(4)33(8)41(16)56(48)64/h17-20,23H,21-22H2,1-16H3. The van der Waals surface area contributed by atoms with Crippen molar-refractivity contribution in [3.05, 3.63) is 158 Å². The lowest BCUT2D eigenvalue weighted by Crippen LogP contribution is -2.27. The molecule has 64 heavy (non-hydrogen) atoms. The maximum absolute atomic E-state index is 15.7. The van der Waals surface area contributed by atoms with Crippen molar-refractivity contribution in [2.75, 3.05) is 9.80 Å². The Morgan fingerprint density at radius 2 is 0.750 bits per heavy atom. The van der Waals surface area contributed by atoms with Crippen LogP contribution in [0.1, 0.15) is 128 Å². The minimum Gasteiger partial charge on any atom is -0.309 e. The fourth-order valence-electron chi connectivity index (χ4n) is 11.0. The van der Waals surface area contributed by atoms with Gasteiger partial charge >= 0.3 is 6.18 Å². The van der Waals surface area contributed by atoms with Gasteiger partial charge in [-0.15, -0.1) is 0 Å². The van der Waals surface area contributed by atoms with Crippen LogP contribution < -0.4 is 9.80 Å². The van der Waals surface area contributed by atoms with Gasteiger partial charge in [-0.3, -0.25) is 0 Å². The third-order valence-electron chi connectivity index (χ3n) is 16.2. The summed E-state index contributed by atoms with van der Waals surface area (Å²) in [6, 6.07) is 12.1. The molecular weight excluding hydrogens is 798 g/mol. The first-order valence-corrected chi connectivity index (χ1v) is 22.2. The molecule has 2 aliphatic heterocycles. The monoisotopic (exact) mass is 854 g/mol. The van der Waals surface area contributed by atoms with Crippen LogP contribution >= 0.6 is 0 Å². The van der Waals surface area contributed by atoms with E-state index < -0.39 is 11.7 Å². The Morgan fingerprint density at radius 1 is 0.406 bits per heavy atom. The topological polar surface area (TPSA) is 54.1 Å². The number of fused-ring (bicyclic) bond motifs is 4. The summed E-state index contributed by atoms with van der Waals surface area (Å²) < 4.78 is 47.1. The molecule has 0 atom stereocenters. The van der Waals surface area contributed by atoms with Gasteiger partial charge in [-0.25, -0.2) is 0 Å². The first kappa shape index (κ1) is 44.3. The third kappa shape index (κ3) is 6.14. The van der Waals surface area contributed by atoms with Crippen molar-refractivity contribution in [3.63, 3.8) is 0 Å². The highest BCUT2D eigenvalue weighted by molar-refractivity contribution is 6.00. The minimum absolute atomic E-state index is 0.0595. The second kappa shape index (κ2) is 15.2. The van der Waals surface area contributed by atoms with Crippen molar-refractivity contribution in [2.24, 2.45) is 0 Å². The maximum Gasteiger partial charge on any atom is 0.417 e. The zero-order valence-electron chi connectivity index (χ0n) is 40.2. The van der Waals surface area contributed by atoms with Gasteiger partial charge in [0.15, 0.2) is 0 Å². The molecule has 6 aromatic rings. The molecule has 326 valence electrons. The van der Waals surface area contributed by atoms with Gasteiger partial charge in [-0.1, -0.05) is 6.07 Å². The Morgan fingerprint density at radius 3 is 1.08 bits per heavy atom. The molecular formula is C57H57F3N4. The fourth-order valence-corrected chi connectivity index (χ4v) is 11.0. The Kier molecular flexibility index (Phi) is 10.5. The van der Waals surface area contributed by atoms with Gasteiger partial charge in [0.05, 0.1) is 56.9 Å². The van der Waals surface area contributed by atoms with Crippen LogP contribution in [-0.4, -0.2) is 0 Å². The normalized spacial score (nSPS) is 13.0. The number of anilines is 6. The lowest BCUT2D eigenvalue weighted by Gasteiger charge is -2.42. The number of nitrogens with zero attached hydrogens (tertiary/aromatic N) is 4. The number of benzene rings is 6. The number of hydrogen-bond acceptors (Lipinski definition) is 4. The Bertz CT molecular complexity index is 3050. The summed E-state index contributed by atoms with van der Waals surface area (Å²) in [5, 5.41) is 21.5. The third-order valence-corrected chi connectivity index (χ3v) is 16.2. The predicted octanol–water partition coefficient (Wildman–Crippen LogP) is 15.8. The lowest BCUT2D eigenvalue weighted by molar-refractivity contribution is -0.137. The largest absolute Gasteiger partial charge is 0.417 e. The number of hydrogen-bond donors (Lipinski definition) is 0. The van der Waals surface area contributed by atoms with Crippen molar-refractivity contribution in [1.29, 1.82) is 10.5 Å². The van der Waals surface area contributed by atoms with Crippen LogP contribution in [0.2, 0.25) is 0 Å². The summed E-state index contributed by atoms with van der Waals surface area (Å²) in [7, 11) is 0. The molecule has 2 aliphatic rings. The zero-order valence-corrected chi connectivity index (χ0v) is 40.2. The number of rotatable bonds is 3. The maximum atomic E-state index is 15.7. The molecule has 0 fully saturated rings. The summed E-state index contributed by atoms with van der Waals surface area (Å²) in [5.74, 6) is 0. The number of halogens is 3. The van der Waals surface area contributed by atoms with Crippen LogP contribution in [0, 0.1) is 133 Å². The van der Waals surface area contributed by atoms with E-state index in [-0.39, 0.29) is 11.1 Å². The molecule has 0 spiro atoms. The van der Waals surface area contributed by atoms with E-state index >= 15 is 13.2 Å². The molecule has 2 heterocycles. The molecule has 8 rings (SSSR count). The average molecular weight is 855 g/mol. The van der Waals surface area contributed by atoms with Gasteiger partial charge in [-0.2, -0.15) is 23.7 Å². The molecule has 0 N–H and O–H groups in total. The van der Waals surface area contributed by atoms with Gasteiger partial charge in [0.25, 0.3) is 0 Å². The van der Waals surface area contributed by atoms with Crippen LogP contribution in [0.5, 0.6) is 0 Å². The van der Waals surface area contributed by atoms with E-state index in [1.807, 2.05) is 18.2 Å². The van der Waals surface area contributed by atoms with Crippen molar-refractivity contribution in [2.45, 2.75) is 130 Å². The quantitative estimate of drug-likeness (QED) is 0.178. The highest BCUT2D eigenvalue weighted by Crippen LogP contribution is 2.58. The number of alkyl halides is 3. The summed E-state index contributed by atoms with van der Waals surface area (Å²) in [6.07, 6.45) is -3.44. The first-order valence-electron chi connectivity index (χ1n) is 22.2. The Balaban J connectivity index is 1.63. The number of nitriles is 2. The van der Waals surface area contributed by atoms with Gasteiger partial charge in [-0.05, 0) is 252 Å². The molecule has 6 aromatic carbocycles. The van der Waals surface area contributed by atoms with Crippen LogP contribution in [0.3, 0.4) is 0 Å². The zero-order chi connectivity index (χ0) is 46.9. The first-order chi connectivity index (χ1) is 30.0. The van der Waals surface area contributed by atoms with Crippen molar-refractivity contribution < 1.29 is 13.2 Å². The highest BCUT2D eigenvalue weighted by Gasteiger charge is 2.40. The van der Waals surface area contributed by atoms with Gasteiger partial charge in [0.2, 0.25) is 0 Å². The molecule has 4 nitrogen and oxygen atoms in total. The molecule has 0 saturated heterocycles. The molecule has 0 bridgehead atoms. The second-order valence-electron chi connectivity index (χ2n) is 18.7. The molecule has 0 aliphatic carbocycles. The smallest absolute Gasteiger partial charge is 0.309 e. The summed E-state index contributed by atoms with van der Waals surface area (Å²) in [6.45, 7) is 34.2. The fraction of sp³-hybridized carbons (Fsp3) is 0.333. The summed E-state index contributed by atoms with van der Waals surface area (Å²) in [5.41, 5.74) is 27.1. The van der Waals surface area contributed by atoms with Gasteiger partial charge < -0.3 is 9.80 Å². The van der Waals surface area contributed by atoms with Crippen molar-refractivity contribution >= 4 is 34.1 Å². The Hall–Kier alpha value is -6.31. The van der Waals surface area contributed by atoms with E-state index in [1.165, 1.54) is 45.5 Å². The van der Waals surface area contributed by atoms with Crippen LogP contribution in [0.25, 0.3) is 11.1 Å². The Labute approximate surface area is 377 Å². The molecule has 0 amide bonds. The van der Waals surface area contributed by atoms with Crippen LogP contribution in [0.4, 0.5) is 47.3 Å². The van der Waals surface area contributed by atoms with E-state index in [1.54, 1.807) is 0 Å². The minimum atomic E-state index is -4.80. The SMILES string of the molecule is Cc1c(C)c(C)c2c(c1C)Cc1c(C)c(C)c(C)c(C)c1N2c1cc(-c2ccc(C#N)cc2C(F)(F)F)c(N2c3c(C)c(C)c(C)c(C)c3Cc3c(C)c(C)c(C)c(C)c32)cc1C#N. The summed E-state index contributed by atoms with van der Waals surface area (Å²) >= 11 is 0. The van der Waals surface area contributed by atoms with E-state index in [9.17, 15) is 10.5 Å². The predicted molar refractivity (Wildman–Crippen MR) is 257 cm³/mol. The van der Waals surface area contributed by atoms with E-state index in [0.29, 0.717) is 35.3 Å². The van der Waals surface area contributed by atoms with Crippen molar-refractivity contribution in [3.8, 4) is 23.3 Å². The van der Waals surface area contributed by atoms with Crippen LogP contribution in [0.15, 0.2) is 30.3 Å². The highest BCUT2D eigenvalue weighted by atomic mass is 19.4. The van der Waals surface area contributed by atoms with E-state index in [4.69, 9.17) is 0 Å². The molecule has 0 aromatic heterocycles. The second-order valence-corrected chi connectivity index (χ2v) is 18.7. The van der Waals surface area contributed by atoms with E-state index in [0.717, 1.165) is 107 Å². The van der Waals surface area contributed by atoms with Gasteiger partial charge in [0.1, 0.15) is 6.07 Å². The van der Waals surface area contributed by atoms with Crippen LogP contribution in [-0.2, 0) is 19.0 Å². The molecule has 0 radical (unpaired) electrons. The molecule has 7 heteroatoms. The summed E-state index contributed by atoms with van der Waals surface area (Å²) in [4.78, 5) is 4.38. The average Bonchev–Trinajstić information content (AvgIpc) is 3.28. The van der Waals surface area contributed by atoms with Crippen molar-refractivity contribution in [1.82, 2.24) is 0 Å².